The van der Waals surface area contributed by atoms with Crippen molar-refractivity contribution in [2.75, 3.05) is 6.61 Å². The quantitative estimate of drug-likeness (QED) is 0.499. The Morgan fingerprint density at radius 3 is 2.65 bits per heavy atom. The maximum atomic E-state index is 10.1. The molecule has 0 spiro atoms. The summed E-state index contributed by atoms with van der Waals surface area (Å²) in [6.45, 7) is 0.126. The van der Waals surface area contributed by atoms with Crippen molar-refractivity contribution in [3.63, 3.8) is 0 Å². The highest BCUT2D eigenvalue weighted by atomic mass is 16.3. The van der Waals surface area contributed by atoms with Crippen molar-refractivity contribution in [2.45, 2.75) is 69.4 Å². The normalized spacial score (nSPS) is 38.5. The van der Waals surface area contributed by atoms with Crippen LogP contribution in [-0.2, 0) is 0 Å². The van der Waals surface area contributed by atoms with Gasteiger partial charge in [0.05, 0.1) is 18.3 Å². The monoisotopic (exact) mass is 326 g/mol. The zero-order valence-electron chi connectivity index (χ0n) is 13.6. The van der Waals surface area contributed by atoms with E-state index in [0.717, 1.165) is 19.3 Å². The predicted octanol–water partition coefficient (Wildman–Crippen LogP) is 0.895. The lowest BCUT2D eigenvalue weighted by Gasteiger charge is -2.29. The largest absolute Gasteiger partial charge is 0.396 e. The SMILES string of the molecule is OCCCC(O)C1CCC(/C=C\C=C2\CC(O)CC(O)C2O)C1. The van der Waals surface area contributed by atoms with Gasteiger partial charge in [0.1, 0.15) is 6.10 Å². The van der Waals surface area contributed by atoms with E-state index in [0.29, 0.717) is 36.7 Å². The van der Waals surface area contributed by atoms with Crippen molar-refractivity contribution < 1.29 is 25.5 Å². The molecular weight excluding hydrogens is 296 g/mol. The van der Waals surface area contributed by atoms with Gasteiger partial charge in [-0.15, -0.1) is 0 Å². The minimum Gasteiger partial charge on any atom is -0.396 e. The average molecular weight is 326 g/mol. The van der Waals surface area contributed by atoms with Gasteiger partial charge in [0.15, 0.2) is 0 Å². The lowest BCUT2D eigenvalue weighted by molar-refractivity contribution is -0.0196. The molecule has 0 aliphatic heterocycles. The Labute approximate surface area is 138 Å². The standard InChI is InChI=1S/C18H30O5/c19-8-2-5-16(21)13-7-6-12(9-13)3-1-4-14-10-15(20)11-17(22)18(14)23/h1,3-4,12-13,15-23H,2,5-11H2/b3-1-,14-4-. The molecule has 0 saturated heterocycles. The second-order valence-electron chi connectivity index (χ2n) is 7.00. The first-order valence-corrected chi connectivity index (χ1v) is 8.71. The van der Waals surface area contributed by atoms with Crippen molar-refractivity contribution in [3.8, 4) is 0 Å². The van der Waals surface area contributed by atoms with E-state index in [-0.39, 0.29) is 19.1 Å². The average Bonchev–Trinajstić information content (AvgIpc) is 2.98. The molecular formula is C18H30O5. The summed E-state index contributed by atoms with van der Waals surface area (Å²) in [4.78, 5) is 0. The first-order chi connectivity index (χ1) is 11.0. The fourth-order valence-corrected chi connectivity index (χ4v) is 3.75. The molecule has 2 rings (SSSR count). The minimum atomic E-state index is -0.893. The molecule has 23 heavy (non-hydrogen) atoms. The third-order valence-electron chi connectivity index (χ3n) is 5.14. The van der Waals surface area contributed by atoms with Crippen molar-refractivity contribution >= 4 is 0 Å². The third kappa shape index (κ3) is 5.40. The first-order valence-electron chi connectivity index (χ1n) is 8.71. The van der Waals surface area contributed by atoms with E-state index in [1.807, 2.05) is 6.08 Å². The molecule has 0 heterocycles. The molecule has 0 amide bonds. The highest BCUT2D eigenvalue weighted by molar-refractivity contribution is 5.21. The fraction of sp³-hybridized carbons (Fsp3) is 0.778. The molecule has 2 aliphatic carbocycles. The van der Waals surface area contributed by atoms with Gasteiger partial charge in [-0.1, -0.05) is 18.2 Å². The van der Waals surface area contributed by atoms with E-state index in [1.54, 1.807) is 6.08 Å². The summed E-state index contributed by atoms with van der Waals surface area (Å²) in [6, 6.07) is 0. The van der Waals surface area contributed by atoms with Crippen LogP contribution in [0.5, 0.6) is 0 Å². The number of allylic oxidation sites excluding steroid dienone is 3. The van der Waals surface area contributed by atoms with E-state index in [9.17, 15) is 20.4 Å². The van der Waals surface area contributed by atoms with Crippen LogP contribution in [-0.4, -0.2) is 56.6 Å². The van der Waals surface area contributed by atoms with E-state index >= 15 is 0 Å². The lowest BCUT2D eigenvalue weighted by Crippen LogP contribution is -2.37. The summed E-state index contributed by atoms with van der Waals surface area (Å²) in [6.07, 6.45) is 7.98. The Morgan fingerprint density at radius 1 is 1.13 bits per heavy atom. The Balaban J connectivity index is 1.83. The number of aliphatic hydroxyl groups excluding tert-OH is 5. The number of rotatable bonds is 6. The van der Waals surface area contributed by atoms with Crippen LogP contribution in [0.2, 0.25) is 0 Å². The summed E-state index contributed by atoms with van der Waals surface area (Å²) in [7, 11) is 0. The Morgan fingerprint density at radius 2 is 1.91 bits per heavy atom. The van der Waals surface area contributed by atoms with Gasteiger partial charge in [0, 0.05) is 13.0 Å². The highest BCUT2D eigenvalue weighted by Crippen LogP contribution is 2.35. The molecule has 5 N–H and O–H groups in total. The molecule has 2 aliphatic rings. The second kappa shape index (κ2) is 8.94. The maximum absolute atomic E-state index is 10.1. The topological polar surface area (TPSA) is 101 Å². The van der Waals surface area contributed by atoms with Crippen LogP contribution in [0, 0.1) is 11.8 Å². The number of aliphatic hydroxyl groups is 5. The first kappa shape index (κ1) is 18.6. The molecule has 0 radical (unpaired) electrons. The van der Waals surface area contributed by atoms with Crippen LogP contribution >= 0.6 is 0 Å². The van der Waals surface area contributed by atoms with Crippen LogP contribution < -0.4 is 0 Å². The van der Waals surface area contributed by atoms with E-state index in [1.165, 1.54) is 0 Å². The molecule has 6 unspecified atom stereocenters. The van der Waals surface area contributed by atoms with Gasteiger partial charge in [-0.05, 0) is 55.9 Å². The van der Waals surface area contributed by atoms with Crippen molar-refractivity contribution in [1.82, 2.24) is 0 Å². The fourth-order valence-electron chi connectivity index (χ4n) is 3.75. The second-order valence-corrected chi connectivity index (χ2v) is 7.00. The Bertz CT molecular complexity index is 420. The van der Waals surface area contributed by atoms with Crippen molar-refractivity contribution in [3.05, 3.63) is 23.8 Å². The van der Waals surface area contributed by atoms with Gasteiger partial charge in [-0.3, -0.25) is 0 Å². The smallest absolute Gasteiger partial charge is 0.101 e. The minimum absolute atomic E-state index is 0.126. The summed E-state index contributed by atoms with van der Waals surface area (Å²) in [5, 5.41) is 48.2. The maximum Gasteiger partial charge on any atom is 0.101 e. The zero-order chi connectivity index (χ0) is 16.8. The Kier molecular flexibility index (Phi) is 7.24. The molecule has 0 aromatic heterocycles. The van der Waals surface area contributed by atoms with Gasteiger partial charge in [0.25, 0.3) is 0 Å². The predicted molar refractivity (Wildman–Crippen MR) is 87.6 cm³/mol. The van der Waals surface area contributed by atoms with E-state index < -0.39 is 18.3 Å². The lowest BCUT2D eigenvalue weighted by atomic mass is 9.87. The summed E-state index contributed by atoms with van der Waals surface area (Å²) >= 11 is 0. The highest BCUT2D eigenvalue weighted by Gasteiger charge is 2.30. The molecule has 5 heteroatoms. The molecule has 0 bridgehead atoms. The number of hydrogen-bond acceptors (Lipinski definition) is 5. The van der Waals surface area contributed by atoms with Gasteiger partial charge in [-0.25, -0.2) is 0 Å². The molecule has 0 aromatic carbocycles. The third-order valence-corrected chi connectivity index (χ3v) is 5.14. The zero-order valence-corrected chi connectivity index (χ0v) is 13.6. The van der Waals surface area contributed by atoms with Gasteiger partial charge < -0.3 is 25.5 Å². The van der Waals surface area contributed by atoms with E-state index in [4.69, 9.17) is 5.11 Å². The Hall–Kier alpha value is -0.720. The van der Waals surface area contributed by atoms with Crippen LogP contribution in [0.4, 0.5) is 0 Å². The molecule has 0 aromatic rings. The summed E-state index contributed by atoms with van der Waals surface area (Å²) in [5.74, 6) is 0.712. The van der Waals surface area contributed by atoms with Crippen molar-refractivity contribution in [2.24, 2.45) is 11.8 Å². The van der Waals surface area contributed by atoms with Gasteiger partial charge >= 0.3 is 0 Å². The molecule has 2 saturated carbocycles. The summed E-state index contributed by atoms with van der Waals surface area (Å²) < 4.78 is 0. The molecule has 5 nitrogen and oxygen atoms in total. The molecule has 132 valence electrons. The molecule has 2 fully saturated rings. The van der Waals surface area contributed by atoms with Crippen LogP contribution in [0.25, 0.3) is 0 Å². The van der Waals surface area contributed by atoms with Gasteiger partial charge in [0.2, 0.25) is 0 Å². The summed E-state index contributed by atoms with van der Waals surface area (Å²) in [5.41, 5.74) is 0.671. The van der Waals surface area contributed by atoms with Crippen LogP contribution in [0.3, 0.4) is 0 Å². The van der Waals surface area contributed by atoms with E-state index in [2.05, 4.69) is 6.08 Å². The van der Waals surface area contributed by atoms with Gasteiger partial charge in [-0.2, -0.15) is 0 Å². The van der Waals surface area contributed by atoms with Crippen LogP contribution in [0.1, 0.15) is 44.9 Å². The van der Waals surface area contributed by atoms with Crippen LogP contribution in [0.15, 0.2) is 23.8 Å². The number of hydrogen-bond donors (Lipinski definition) is 5. The van der Waals surface area contributed by atoms with Crippen molar-refractivity contribution in [1.29, 1.82) is 0 Å². The molecule has 6 atom stereocenters.